The van der Waals surface area contributed by atoms with Gasteiger partial charge in [0.05, 0.1) is 13.2 Å². The standard InChI is InChI=1S/C29H30N6O2/c1-2-37-26-13-14-27-24(18-26)17-25(29(36)30-27)20-34(19-23-11-7-4-8-12-23)21-28-31-32-33-35(28)16-15-22-9-5-3-6-10-22/h3-14,17-18H,2,15-16,19-21H2,1H3,(H,30,36). The molecule has 0 saturated carbocycles. The maximum absolute atomic E-state index is 13.0. The molecule has 2 heterocycles. The third-order valence-electron chi connectivity index (χ3n) is 6.27. The molecule has 2 aromatic heterocycles. The molecule has 5 rings (SSSR count). The maximum Gasteiger partial charge on any atom is 0.252 e. The van der Waals surface area contributed by atoms with Gasteiger partial charge in [0.15, 0.2) is 5.82 Å². The fourth-order valence-electron chi connectivity index (χ4n) is 4.44. The summed E-state index contributed by atoms with van der Waals surface area (Å²) < 4.78 is 7.51. The Labute approximate surface area is 215 Å². The van der Waals surface area contributed by atoms with Crippen LogP contribution in [0.3, 0.4) is 0 Å². The zero-order valence-corrected chi connectivity index (χ0v) is 20.9. The Balaban J connectivity index is 1.40. The second-order valence-corrected chi connectivity index (χ2v) is 8.99. The number of aromatic nitrogens is 5. The first kappa shape index (κ1) is 24.4. The molecule has 8 nitrogen and oxygen atoms in total. The van der Waals surface area contributed by atoms with Gasteiger partial charge in [-0.15, -0.1) is 5.10 Å². The highest BCUT2D eigenvalue weighted by atomic mass is 16.5. The highest BCUT2D eigenvalue weighted by Gasteiger charge is 2.16. The molecule has 0 unspecified atom stereocenters. The first-order chi connectivity index (χ1) is 18.2. The number of hydrogen-bond donors (Lipinski definition) is 1. The Kier molecular flexibility index (Phi) is 7.66. The Morgan fingerprint density at radius 3 is 2.41 bits per heavy atom. The largest absolute Gasteiger partial charge is 0.494 e. The molecule has 5 aromatic rings. The van der Waals surface area contributed by atoms with Crippen LogP contribution in [0.5, 0.6) is 5.75 Å². The smallest absolute Gasteiger partial charge is 0.252 e. The van der Waals surface area contributed by atoms with Crippen molar-refractivity contribution in [2.45, 2.75) is 39.5 Å². The summed E-state index contributed by atoms with van der Waals surface area (Å²) >= 11 is 0. The molecular formula is C29H30N6O2. The molecule has 0 fully saturated rings. The number of ether oxygens (including phenoxy) is 1. The molecule has 0 radical (unpaired) electrons. The van der Waals surface area contributed by atoms with Crippen molar-refractivity contribution in [1.29, 1.82) is 0 Å². The molecule has 8 heteroatoms. The molecule has 0 atom stereocenters. The van der Waals surface area contributed by atoms with Gasteiger partial charge in [0.2, 0.25) is 0 Å². The van der Waals surface area contributed by atoms with E-state index >= 15 is 0 Å². The third-order valence-corrected chi connectivity index (χ3v) is 6.27. The summed E-state index contributed by atoms with van der Waals surface area (Å²) in [7, 11) is 0. The fraction of sp³-hybridized carbons (Fsp3) is 0.241. The number of H-pyrrole nitrogens is 1. The molecule has 1 N–H and O–H groups in total. The number of rotatable bonds is 11. The van der Waals surface area contributed by atoms with E-state index in [1.807, 2.05) is 72.3 Å². The van der Waals surface area contributed by atoms with Crippen LogP contribution in [0.1, 0.15) is 29.4 Å². The van der Waals surface area contributed by atoms with Gasteiger partial charge < -0.3 is 9.72 Å². The number of aryl methyl sites for hydroxylation is 2. The predicted molar refractivity (Wildman–Crippen MR) is 143 cm³/mol. The molecule has 0 saturated heterocycles. The second-order valence-electron chi connectivity index (χ2n) is 8.99. The Morgan fingerprint density at radius 1 is 0.892 bits per heavy atom. The number of tetrazole rings is 1. The molecule has 0 aliphatic rings. The van der Waals surface area contributed by atoms with Crippen LogP contribution < -0.4 is 10.3 Å². The number of hydrogen-bond acceptors (Lipinski definition) is 6. The lowest BCUT2D eigenvalue weighted by molar-refractivity contribution is 0.235. The van der Waals surface area contributed by atoms with E-state index in [0.717, 1.165) is 34.5 Å². The van der Waals surface area contributed by atoms with Gasteiger partial charge in [0.25, 0.3) is 5.56 Å². The van der Waals surface area contributed by atoms with Crippen molar-refractivity contribution in [1.82, 2.24) is 30.1 Å². The Hall–Kier alpha value is -4.30. The molecular weight excluding hydrogens is 464 g/mol. The van der Waals surface area contributed by atoms with Crippen LogP contribution in [0, 0.1) is 0 Å². The average molecular weight is 495 g/mol. The zero-order chi connectivity index (χ0) is 25.5. The van der Waals surface area contributed by atoms with Gasteiger partial charge in [-0.25, -0.2) is 4.68 Å². The number of nitrogens with one attached hydrogen (secondary N) is 1. The van der Waals surface area contributed by atoms with E-state index in [1.165, 1.54) is 5.56 Å². The van der Waals surface area contributed by atoms with Crippen molar-refractivity contribution < 1.29 is 4.74 Å². The SMILES string of the molecule is CCOc1ccc2[nH]c(=O)c(CN(Cc3ccccc3)Cc3nnnn3CCc3ccccc3)cc2c1. The quantitative estimate of drug-likeness (QED) is 0.294. The highest BCUT2D eigenvalue weighted by molar-refractivity contribution is 5.80. The van der Waals surface area contributed by atoms with E-state index in [0.29, 0.717) is 38.3 Å². The minimum Gasteiger partial charge on any atom is -0.494 e. The van der Waals surface area contributed by atoms with Crippen LogP contribution in [0.25, 0.3) is 10.9 Å². The number of aromatic amines is 1. The first-order valence-electron chi connectivity index (χ1n) is 12.5. The van der Waals surface area contributed by atoms with Gasteiger partial charge in [-0.1, -0.05) is 60.7 Å². The van der Waals surface area contributed by atoms with Gasteiger partial charge in [-0.2, -0.15) is 0 Å². The minimum atomic E-state index is -0.0987. The number of pyridine rings is 1. The van der Waals surface area contributed by atoms with Crippen molar-refractivity contribution >= 4 is 10.9 Å². The predicted octanol–water partition coefficient (Wildman–Crippen LogP) is 4.36. The second kappa shape index (κ2) is 11.6. The van der Waals surface area contributed by atoms with E-state index in [1.54, 1.807) is 0 Å². The van der Waals surface area contributed by atoms with Gasteiger partial charge in [-0.05, 0) is 59.2 Å². The average Bonchev–Trinajstić information content (AvgIpc) is 3.36. The van der Waals surface area contributed by atoms with E-state index in [4.69, 9.17) is 4.74 Å². The van der Waals surface area contributed by atoms with Crippen molar-refractivity contribution in [3.63, 3.8) is 0 Å². The molecule has 188 valence electrons. The van der Waals surface area contributed by atoms with E-state index in [9.17, 15) is 4.79 Å². The molecule has 0 spiro atoms. The molecule has 37 heavy (non-hydrogen) atoms. The summed E-state index contributed by atoms with van der Waals surface area (Å²) in [5.74, 6) is 1.55. The normalized spacial score (nSPS) is 11.3. The van der Waals surface area contributed by atoms with Gasteiger partial charge >= 0.3 is 0 Å². The topological polar surface area (TPSA) is 88.9 Å². The minimum absolute atomic E-state index is 0.0987. The molecule has 3 aromatic carbocycles. The van der Waals surface area contributed by atoms with Crippen LogP contribution in [-0.2, 0) is 32.6 Å². The van der Waals surface area contributed by atoms with E-state index in [2.05, 4.69) is 49.7 Å². The number of nitrogens with zero attached hydrogens (tertiary/aromatic N) is 5. The summed E-state index contributed by atoms with van der Waals surface area (Å²) in [6.07, 6.45) is 0.837. The fourth-order valence-corrected chi connectivity index (χ4v) is 4.44. The third kappa shape index (κ3) is 6.29. The lowest BCUT2D eigenvalue weighted by atomic mass is 10.1. The number of fused-ring (bicyclic) bond motifs is 1. The van der Waals surface area contributed by atoms with Crippen molar-refractivity contribution in [2.75, 3.05) is 6.61 Å². The van der Waals surface area contributed by atoms with Crippen molar-refractivity contribution in [3.8, 4) is 5.75 Å². The Morgan fingerprint density at radius 2 is 1.65 bits per heavy atom. The van der Waals surface area contributed by atoms with Crippen LogP contribution in [0.2, 0.25) is 0 Å². The van der Waals surface area contributed by atoms with Crippen LogP contribution in [0.15, 0.2) is 89.7 Å². The monoisotopic (exact) mass is 494 g/mol. The lowest BCUT2D eigenvalue weighted by Crippen LogP contribution is -2.28. The van der Waals surface area contributed by atoms with Crippen molar-refractivity contribution in [3.05, 3.63) is 118 Å². The Bertz CT molecular complexity index is 1500. The summed E-state index contributed by atoms with van der Waals surface area (Å²) in [5.41, 5.74) is 3.76. The molecule has 0 amide bonds. The molecule has 0 bridgehead atoms. The van der Waals surface area contributed by atoms with Crippen LogP contribution in [-0.4, -0.2) is 36.7 Å². The molecule has 0 aliphatic carbocycles. The first-order valence-corrected chi connectivity index (χ1v) is 12.5. The summed E-state index contributed by atoms with van der Waals surface area (Å²) in [5, 5.41) is 13.4. The molecule has 0 aliphatic heterocycles. The summed E-state index contributed by atoms with van der Waals surface area (Å²) in [4.78, 5) is 18.2. The maximum atomic E-state index is 13.0. The highest BCUT2D eigenvalue weighted by Crippen LogP contribution is 2.20. The summed E-state index contributed by atoms with van der Waals surface area (Å²) in [6, 6.07) is 28.2. The summed E-state index contributed by atoms with van der Waals surface area (Å²) in [6.45, 7) is 4.84. The van der Waals surface area contributed by atoms with Crippen molar-refractivity contribution in [2.24, 2.45) is 0 Å². The van der Waals surface area contributed by atoms with Crippen LogP contribution in [0.4, 0.5) is 0 Å². The van der Waals surface area contributed by atoms with E-state index in [-0.39, 0.29) is 5.56 Å². The van der Waals surface area contributed by atoms with Gasteiger partial charge in [-0.3, -0.25) is 9.69 Å². The van der Waals surface area contributed by atoms with Crippen LogP contribution >= 0.6 is 0 Å². The van der Waals surface area contributed by atoms with Gasteiger partial charge in [0, 0.05) is 36.1 Å². The lowest BCUT2D eigenvalue weighted by Gasteiger charge is -2.22. The zero-order valence-electron chi connectivity index (χ0n) is 20.9. The van der Waals surface area contributed by atoms with Gasteiger partial charge in [0.1, 0.15) is 5.75 Å². The number of benzene rings is 3. The van der Waals surface area contributed by atoms with E-state index < -0.39 is 0 Å².